The number of hydrogen-bond acceptors (Lipinski definition) is 4. The number of nitrogens with one attached hydrogen (secondary N) is 2. The van der Waals surface area contributed by atoms with Gasteiger partial charge in [-0.05, 0) is 29.8 Å². The third-order valence-electron chi connectivity index (χ3n) is 3.63. The Morgan fingerprint density at radius 1 is 1.00 bits per heavy atom. The number of para-hydroxylation sites is 2. The first-order chi connectivity index (χ1) is 12.2. The highest BCUT2D eigenvalue weighted by Gasteiger charge is 2.11. The molecule has 0 aliphatic carbocycles. The molecule has 1 aromatic heterocycles. The summed E-state index contributed by atoms with van der Waals surface area (Å²) in [5.41, 5.74) is 3.96. The maximum absolute atomic E-state index is 12.7. The molecule has 3 N–H and O–H groups in total. The fraction of sp³-hybridized carbons (Fsp3) is 0. The number of anilines is 1. The van der Waals surface area contributed by atoms with Crippen molar-refractivity contribution < 1.29 is 14.8 Å². The van der Waals surface area contributed by atoms with Crippen LogP contribution in [0.15, 0.2) is 66.9 Å². The quantitative estimate of drug-likeness (QED) is 0.389. The number of carbonyl (C=O) groups is 2. The van der Waals surface area contributed by atoms with E-state index in [0.717, 1.165) is 10.9 Å². The second-order valence-electron chi connectivity index (χ2n) is 5.23. The predicted molar refractivity (Wildman–Crippen MR) is 95.1 cm³/mol. The van der Waals surface area contributed by atoms with E-state index in [9.17, 15) is 9.59 Å². The van der Waals surface area contributed by atoms with E-state index >= 15 is 0 Å². The number of aromatic nitrogens is 1. The highest BCUT2D eigenvalue weighted by atomic mass is 16.5. The Balaban J connectivity index is 1.91. The zero-order valence-corrected chi connectivity index (χ0v) is 13.1. The lowest BCUT2D eigenvalue weighted by Gasteiger charge is -2.10. The number of benzene rings is 2. The first-order valence-electron chi connectivity index (χ1n) is 7.55. The first kappa shape index (κ1) is 16.4. The number of nitrogens with zero attached hydrogens (tertiary/aromatic N) is 1. The number of amides is 2. The summed E-state index contributed by atoms with van der Waals surface area (Å²) in [4.78, 5) is 28.1. The Morgan fingerprint density at radius 3 is 2.60 bits per heavy atom. The largest absolute Gasteiger partial charge is 0.321 e. The van der Waals surface area contributed by atoms with Crippen molar-refractivity contribution in [3.63, 3.8) is 0 Å². The summed E-state index contributed by atoms with van der Waals surface area (Å²) in [7, 11) is 0. The van der Waals surface area contributed by atoms with Crippen LogP contribution >= 0.6 is 0 Å². The number of hydroxylamine groups is 1. The van der Waals surface area contributed by atoms with Crippen molar-refractivity contribution in [1.82, 2.24) is 10.5 Å². The van der Waals surface area contributed by atoms with Crippen molar-refractivity contribution in [2.24, 2.45) is 0 Å². The monoisotopic (exact) mass is 333 g/mol. The molecule has 0 fully saturated rings. The number of fused-ring (bicyclic) bond motifs is 1. The molecule has 0 saturated heterocycles. The summed E-state index contributed by atoms with van der Waals surface area (Å²) in [6, 6.07) is 16.1. The molecule has 2 amide bonds. The fourth-order valence-electron chi connectivity index (χ4n) is 2.44. The molecule has 124 valence electrons. The van der Waals surface area contributed by atoms with Crippen LogP contribution in [-0.2, 0) is 4.79 Å². The Bertz CT molecular complexity index is 962. The van der Waals surface area contributed by atoms with Crippen molar-refractivity contribution in [2.45, 2.75) is 0 Å². The van der Waals surface area contributed by atoms with E-state index in [1.807, 2.05) is 24.3 Å². The van der Waals surface area contributed by atoms with E-state index in [4.69, 9.17) is 5.21 Å². The highest BCUT2D eigenvalue weighted by Crippen LogP contribution is 2.21. The topological polar surface area (TPSA) is 91.3 Å². The fourth-order valence-corrected chi connectivity index (χ4v) is 2.44. The number of hydrogen-bond donors (Lipinski definition) is 3. The third kappa shape index (κ3) is 3.70. The minimum absolute atomic E-state index is 0.272. The maximum Gasteiger partial charge on any atom is 0.267 e. The van der Waals surface area contributed by atoms with E-state index in [-0.39, 0.29) is 5.91 Å². The molecule has 6 nitrogen and oxygen atoms in total. The van der Waals surface area contributed by atoms with Crippen molar-refractivity contribution in [3.05, 3.63) is 78.0 Å². The molecule has 0 aliphatic heterocycles. The highest BCUT2D eigenvalue weighted by molar-refractivity contribution is 6.12. The van der Waals surface area contributed by atoms with Gasteiger partial charge in [0.1, 0.15) is 0 Å². The van der Waals surface area contributed by atoms with Gasteiger partial charge in [-0.25, -0.2) is 5.48 Å². The van der Waals surface area contributed by atoms with E-state index in [2.05, 4.69) is 10.3 Å². The molecule has 0 atom stereocenters. The van der Waals surface area contributed by atoms with Gasteiger partial charge in [-0.15, -0.1) is 0 Å². The minimum atomic E-state index is -0.652. The van der Waals surface area contributed by atoms with Crippen LogP contribution in [-0.4, -0.2) is 22.0 Å². The molecule has 0 radical (unpaired) electrons. The Morgan fingerprint density at radius 2 is 1.76 bits per heavy atom. The third-order valence-corrected chi connectivity index (χ3v) is 3.63. The van der Waals surface area contributed by atoms with Gasteiger partial charge in [-0.1, -0.05) is 36.4 Å². The van der Waals surface area contributed by atoms with E-state index in [1.165, 1.54) is 17.6 Å². The van der Waals surface area contributed by atoms with Gasteiger partial charge in [0, 0.05) is 23.3 Å². The molecule has 1 heterocycles. The second-order valence-corrected chi connectivity index (χ2v) is 5.23. The van der Waals surface area contributed by atoms with Crippen LogP contribution in [0.25, 0.3) is 17.0 Å². The standard InChI is InChI=1S/C19H15N3O3/c23-18(22-25)10-9-13-5-1-3-7-16(13)21-19(24)15-11-12-20-17-8-4-2-6-14(15)17/h1-12,25H,(H,21,24)(H,22,23). The van der Waals surface area contributed by atoms with Crippen molar-refractivity contribution >= 4 is 34.5 Å². The average molecular weight is 333 g/mol. The Kier molecular flexibility index (Phi) is 4.82. The molecule has 2 aromatic carbocycles. The molecule has 0 spiro atoms. The zero-order chi connectivity index (χ0) is 17.6. The van der Waals surface area contributed by atoms with Gasteiger partial charge in [0.2, 0.25) is 0 Å². The minimum Gasteiger partial charge on any atom is -0.321 e. The van der Waals surface area contributed by atoms with Crippen molar-refractivity contribution in [3.8, 4) is 0 Å². The number of pyridine rings is 1. The molecule has 3 aromatic rings. The molecule has 0 unspecified atom stereocenters. The first-order valence-corrected chi connectivity index (χ1v) is 7.55. The van der Waals surface area contributed by atoms with Crippen LogP contribution in [0.4, 0.5) is 5.69 Å². The molecule has 0 aliphatic rings. The number of carbonyl (C=O) groups excluding carboxylic acids is 2. The summed E-state index contributed by atoms with van der Waals surface area (Å²) < 4.78 is 0. The van der Waals surface area contributed by atoms with Crippen LogP contribution in [0.1, 0.15) is 15.9 Å². The van der Waals surface area contributed by atoms with E-state index < -0.39 is 5.91 Å². The molecule has 25 heavy (non-hydrogen) atoms. The van der Waals surface area contributed by atoms with Crippen LogP contribution in [0.2, 0.25) is 0 Å². The number of rotatable bonds is 4. The average Bonchev–Trinajstić information content (AvgIpc) is 2.66. The summed E-state index contributed by atoms with van der Waals surface area (Å²) in [5, 5.41) is 12.2. The summed E-state index contributed by atoms with van der Waals surface area (Å²) in [6.45, 7) is 0. The summed E-state index contributed by atoms with van der Waals surface area (Å²) in [6.07, 6.45) is 4.27. The van der Waals surface area contributed by atoms with Gasteiger partial charge in [0.15, 0.2) is 0 Å². The van der Waals surface area contributed by atoms with E-state index in [0.29, 0.717) is 16.8 Å². The molecule has 3 rings (SSSR count). The van der Waals surface area contributed by atoms with Gasteiger partial charge in [-0.2, -0.15) is 0 Å². The van der Waals surface area contributed by atoms with Gasteiger partial charge < -0.3 is 5.32 Å². The molecule has 0 bridgehead atoms. The van der Waals surface area contributed by atoms with E-state index in [1.54, 1.807) is 36.5 Å². The molecule has 0 saturated carbocycles. The van der Waals surface area contributed by atoms with Gasteiger partial charge in [0.25, 0.3) is 11.8 Å². The van der Waals surface area contributed by atoms with Crippen LogP contribution in [0.3, 0.4) is 0 Å². The van der Waals surface area contributed by atoms with Crippen LogP contribution < -0.4 is 10.8 Å². The van der Waals surface area contributed by atoms with Gasteiger partial charge in [0.05, 0.1) is 11.1 Å². The molecular weight excluding hydrogens is 318 g/mol. The lowest BCUT2D eigenvalue weighted by atomic mass is 10.1. The Hall–Kier alpha value is -3.51. The lowest BCUT2D eigenvalue weighted by Crippen LogP contribution is -2.15. The summed E-state index contributed by atoms with van der Waals surface area (Å²) in [5.74, 6) is -0.924. The van der Waals surface area contributed by atoms with Gasteiger partial charge >= 0.3 is 0 Å². The SMILES string of the molecule is O=C(C=Cc1ccccc1NC(=O)c1ccnc2ccccc12)NO. The normalized spacial score (nSPS) is 10.8. The van der Waals surface area contributed by atoms with Crippen molar-refractivity contribution in [1.29, 1.82) is 0 Å². The Labute approximate surface area is 143 Å². The van der Waals surface area contributed by atoms with Crippen LogP contribution in [0.5, 0.6) is 0 Å². The maximum atomic E-state index is 12.7. The second kappa shape index (κ2) is 7.37. The molecule has 6 heteroatoms. The molecular formula is C19H15N3O3. The predicted octanol–water partition coefficient (Wildman–Crippen LogP) is 3.01. The lowest BCUT2D eigenvalue weighted by molar-refractivity contribution is -0.124. The zero-order valence-electron chi connectivity index (χ0n) is 13.1. The van der Waals surface area contributed by atoms with Crippen molar-refractivity contribution in [2.75, 3.05) is 5.32 Å². The summed E-state index contributed by atoms with van der Waals surface area (Å²) >= 11 is 0. The van der Waals surface area contributed by atoms with Crippen LogP contribution in [0, 0.1) is 0 Å². The van der Waals surface area contributed by atoms with Gasteiger partial charge in [-0.3, -0.25) is 19.8 Å². The smallest absolute Gasteiger partial charge is 0.267 e.